The molecule has 136 valence electrons. The number of aryl methyl sites for hydroxylation is 3. The van der Waals surface area contributed by atoms with Crippen LogP contribution in [0.15, 0.2) is 47.3 Å². The molecular formula is C21H19N3O2S. The van der Waals surface area contributed by atoms with Crippen LogP contribution in [0.1, 0.15) is 31.9 Å². The smallest absolute Gasteiger partial charge is 0.261 e. The Morgan fingerprint density at radius 3 is 2.67 bits per heavy atom. The van der Waals surface area contributed by atoms with Gasteiger partial charge in [0.2, 0.25) is 0 Å². The monoisotopic (exact) mass is 377 g/mol. The van der Waals surface area contributed by atoms with E-state index in [-0.39, 0.29) is 11.5 Å². The van der Waals surface area contributed by atoms with Crippen molar-refractivity contribution in [1.29, 1.82) is 0 Å². The lowest BCUT2D eigenvalue weighted by Crippen LogP contribution is -2.24. The zero-order valence-corrected chi connectivity index (χ0v) is 16.2. The topological polar surface area (TPSA) is 63.5 Å². The van der Waals surface area contributed by atoms with Crippen molar-refractivity contribution in [2.75, 3.05) is 0 Å². The molecule has 1 N–H and O–H groups in total. The summed E-state index contributed by atoms with van der Waals surface area (Å²) in [4.78, 5) is 30.6. The van der Waals surface area contributed by atoms with Crippen LogP contribution in [0.5, 0.6) is 0 Å². The van der Waals surface area contributed by atoms with Crippen molar-refractivity contribution >= 4 is 33.2 Å². The Morgan fingerprint density at radius 1 is 1.11 bits per heavy atom. The van der Waals surface area contributed by atoms with Crippen molar-refractivity contribution < 1.29 is 4.79 Å². The van der Waals surface area contributed by atoms with Crippen molar-refractivity contribution in [3.8, 4) is 0 Å². The Kier molecular flexibility index (Phi) is 4.28. The summed E-state index contributed by atoms with van der Waals surface area (Å²) < 4.78 is 1.57. The maximum atomic E-state index is 12.6. The van der Waals surface area contributed by atoms with Crippen molar-refractivity contribution in [3.05, 3.63) is 79.9 Å². The predicted octanol–water partition coefficient (Wildman–Crippen LogP) is 3.76. The Morgan fingerprint density at radius 2 is 1.89 bits per heavy atom. The third kappa shape index (κ3) is 3.24. The average molecular weight is 377 g/mol. The SMILES string of the molecule is Cc1cccc(CNC(=O)c2cc(=O)n3c(nc4cc(C)c(C)cc43)s2)c1. The van der Waals surface area contributed by atoms with E-state index in [1.54, 1.807) is 4.40 Å². The normalized spacial score (nSPS) is 11.2. The van der Waals surface area contributed by atoms with Crippen molar-refractivity contribution in [2.24, 2.45) is 0 Å². The molecule has 0 spiro atoms. The van der Waals surface area contributed by atoms with Gasteiger partial charge in [-0.05, 0) is 49.6 Å². The summed E-state index contributed by atoms with van der Waals surface area (Å²) in [5, 5.41) is 2.88. The molecule has 0 aliphatic heterocycles. The minimum absolute atomic E-state index is 0.241. The van der Waals surface area contributed by atoms with E-state index in [0.29, 0.717) is 16.4 Å². The van der Waals surface area contributed by atoms with Crippen LogP contribution >= 0.6 is 11.3 Å². The number of nitrogens with one attached hydrogen (secondary N) is 1. The number of amides is 1. The third-order valence-electron chi connectivity index (χ3n) is 4.67. The highest BCUT2D eigenvalue weighted by Gasteiger charge is 2.14. The number of carbonyl (C=O) groups is 1. The van der Waals surface area contributed by atoms with E-state index >= 15 is 0 Å². The van der Waals surface area contributed by atoms with Gasteiger partial charge in [-0.15, -0.1) is 0 Å². The number of carbonyl (C=O) groups excluding carboxylic acids is 1. The summed E-state index contributed by atoms with van der Waals surface area (Å²) >= 11 is 1.22. The maximum Gasteiger partial charge on any atom is 0.261 e. The fraction of sp³-hybridized carbons (Fsp3) is 0.190. The van der Waals surface area contributed by atoms with Gasteiger partial charge in [0.05, 0.1) is 11.0 Å². The molecule has 4 rings (SSSR count). The molecule has 0 radical (unpaired) electrons. The van der Waals surface area contributed by atoms with Crippen LogP contribution in [0.25, 0.3) is 16.0 Å². The highest BCUT2D eigenvalue weighted by Crippen LogP contribution is 2.22. The Bertz CT molecular complexity index is 1250. The van der Waals surface area contributed by atoms with Gasteiger partial charge in [-0.25, -0.2) is 4.98 Å². The number of hydrogen-bond donors (Lipinski definition) is 1. The van der Waals surface area contributed by atoms with Crippen LogP contribution in [0.3, 0.4) is 0 Å². The van der Waals surface area contributed by atoms with Gasteiger partial charge in [-0.1, -0.05) is 41.2 Å². The Hall–Kier alpha value is -2.99. The molecular weight excluding hydrogens is 358 g/mol. The van der Waals surface area contributed by atoms with Gasteiger partial charge in [0.15, 0.2) is 4.96 Å². The fourth-order valence-corrected chi connectivity index (χ4v) is 4.04. The number of hydrogen-bond acceptors (Lipinski definition) is 4. The van der Waals surface area contributed by atoms with Gasteiger partial charge in [-0.2, -0.15) is 0 Å². The molecule has 0 atom stereocenters. The number of nitrogens with zero attached hydrogens (tertiary/aromatic N) is 2. The minimum Gasteiger partial charge on any atom is -0.347 e. The van der Waals surface area contributed by atoms with Gasteiger partial charge in [-0.3, -0.25) is 14.0 Å². The minimum atomic E-state index is -0.263. The van der Waals surface area contributed by atoms with Gasteiger partial charge in [0, 0.05) is 12.6 Å². The fourth-order valence-electron chi connectivity index (χ4n) is 3.10. The van der Waals surface area contributed by atoms with Crippen LogP contribution in [0.4, 0.5) is 0 Å². The van der Waals surface area contributed by atoms with Crippen molar-refractivity contribution in [3.63, 3.8) is 0 Å². The van der Waals surface area contributed by atoms with Gasteiger partial charge >= 0.3 is 0 Å². The van der Waals surface area contributed by atoms with Crippen LogP contribution in [-0.2, 0) is 6.54 Å². The van der Waals surface area contributed by atoms with Gasteiger partial charge < -0.3 is 5.32 Å². The first-order chi connectivity index (χ1) is 12.9. The van der Waals surface area contributed by atoms with Gasteiger partial charge in [0.1, 0.15) is 4.88 Å². The van der Waals surface area contributed by atoms with Crippen LogP contribution in [-0.4, -0.2) is 15.3 Å². The second-order valence-corrected chi connectivity index (χ2v) is 7.78. The zero-order valence-electron chi connectivity index (χ0n) is 15.4. The summed E-state index contributed by atoms with van der Waals surface area (Å²) in [6.45, 7) is 6.46. The molecule has 0 aliphatic rings. The first kappa shape index (κ1) is 17.4. The molecule has 0 saturated carbocycles. The maximum absolute atomic E-state index is 12.6. The second-order valence-electron chi connectivity index (χ2n) is 6.78. The first-order valence-electron chi connectivity index (χ1n) is 8.70. The van der Waals surface area contributed by atoms with Crippen molar-refractivity contribution in [2.45, 2.75) is 27.3 Å². The first-order valence-corrected chi connectivity index (χ1v) is 9.51. The molecule has 2 aromatic carbocycles. The second kappa shape index (κ2) is 6.63. The molecule has 27 heavy (non-hydrogen) atoms. The number of benzene rings is 2. The third-order valence-corrected chi connectivity index (χ3v) is 5.65. The Labute approximate surface area is 160 Å². The van der Waals surface area contributed by atoms with E-state index in [9.17, 15) is 9.59 Å². The average Bonchev–Trinajstić information content (AvgIpc) is 2.97. The summed E-state index contributed by atoms with van der Waals surface area (Å²) in [5.74, 6) is -0.263. The number of rotatable bonds is 3. The van der Waals surface area contributed by atoms with Crippen molar-refractivity contribution in [1.82, 2.24) is 14.7 Å². The lowest BCUT2D eigenvalue weighted by molar-refractivity contribution is 0.0954. The lowest BCUT2D eigenvalue weighted by Gasteiger charge is -2.06. The van der Waals surface area contributed by atoms with Gasteiger partial charge in [0.25, 0.3) is 11.5 Å². The lowest BCUT2D eigenvalue weighted by atomic mass is 10.1. The molecule has 0 unspecified atom stereocenters. The molecule has 2 aromatic heterocycles. The molecule has 0 bridgehead atoms. The van der Waals surface area contributed by atoms with E-state index in [4.69, 9.17) is 0 Å². The van der Waals surface area contributed by atoms with Crippen LogP contribution in [0, 0.1) is 20.8 Å². The summed E-state index contributed by atoms with van der Waals surface area (Å²) in [5.41, 5.74) is 5.70. The molecule has 0 aliphatic carbocycles. The molecule has 2 heterocycles. The van der Waals surface area contributed by atoms with E-state index in [1.165, 1.54) is 17.4 Å². The molecule has 4 aromatic rings. The van der Waals surface area contributed by atoms with Crippen LogP contribution < -0.4 is 10.9 Å². The number of aromatic nitrogens is 2. The summed E-state index contributed by atoms with van der Waals surface area (Å²) in [6.07, 6.45) is 0. The summed E-state index contributed by atoms with van der Waals surface area (Å²) in [7, 11) is 0. The van der Waals surface area contributed by atoms with Crippen LogP contribution in [0.2, 0.25) is 0 Å². The number of imidazole rings is 1. The Balaban J connectivity index is 1.69. The molecule has 6 heteroatoms. The molecule has 5 nitrogen and oxygen atoms in total. The zero-order chi connectivity index (χ0) is 19.1. The van der Waals surface area contributed by atoms with E-state index in [2.05, 4.69) is 10.3 Å². The standard InChI is InChI=1S/C21H19N3O2S/c1-12-5-4-6-15(7-12)11-22-20(26)18-10-19(25)24-17-9-14(3)13(2)8-16(17)23-21(24)27-18/h4-10H,11H2,1-3H3,(H,22,26). The predicted molar refractivity (Wildman–Crippen MR) is 109 cm³/mol. The molecule has 1 amide bonds. The van der Waals surface area contributed by atoms with E-state index < -0.39 is 0 Å². The van der Waals surface area contributed by atoms with E-state index in [1.807, 2.05) is 57.2 Å². The molecule has 0 fully saturated rings. The number of fused-ring (bicyclic) bond motifs is 3. The van der Waals surface area contributed by atoms with E-state index in [0.717, 1.165) is 33.3 Å². The molecule has 0 saturated heterocycles. The largest absolute Gasteiger partial charge is 0.347 e. The highest BCUT2D eigenvalue weighted by atomic mass is 32.1. The summed E-state index contributed by atoms with van der Waals surface area (Å²) in [6, 6.07) is 13.3. The quantitative estimate of drug-likeness (QED) is 0.591. The highest BCUT2D eigenvalue weighted by molar-refractivity contribution is 7.18.